The van der Waals surface area contributed by atoms with E-state index >= 15 is 0 Å². The first-order valence-corrected chi connectivity index (χ1v) is 10.4. The van der Waals surface area contributed by atoms with Gasteiger partial charge in [-0.25, -0.2) is 14.4 Å². The highest BCUT2D eigenvalue weighted by atomic mass is 19.1. The molecule has 1 saturated heterocycles. The molecule has 5 rings (SSSR count). The number of imidazole rings is 1. The van der Waals surface area contributed by atoms with Crippen molar-refractivity contribution in [2.45, 2.75) is 12.8 Å². The lowest BCUT2D eigenvalue weighted by atomic mass is 9.98. The number of amides is 1. The number of piperidine rings is 1. The molecular weight excluding hydrogens is 413 g/mol. The number of rotatable bonds is 5. The van der Waals surface area contributed by atoms with Crippen molar-refractivity contribution >= 4 is 28.6 Å². The maximum Gasteiger partial charge on any atom is 0.258 e. The Kier molecular flexibility index (Phi) is 5.28. The van der Waals surface area contributed by atoms with Crippen LogP contribution in [0.3, 0.4) is 0 Å². The molecular formula is C22H22FN7O2. The molecule has 1 aliphatic rings. The highest BCUT2D eigenvalue weighted by Crippen LogP contribution is 2.23. The van der Waals surface area contributed by atoms with E-state index in [-0.39, 0.29) is 18.3 Å². The van der Waals surface area contributed by atoms with E-state index in [9.17, 15) is 14.3 Å². The SMILES string of the molecule is O=C(Nc1cc(-c2nc3cc(F)ccc3[nH]2)[nH]n1)c1ccc(N2CCC(CO)CC2)nc1. The summed E-state index contributed by atoms with van der Waals surface area (Å²) in [6, 6.07) is 9.54. The van der Waals surface area contributed by atoms with E-state index in [1.165, 1.54) is 12.1 Å². The summed E-state index contributed by atoms with van der Waals surface area (Å²) in [6.45, 7) is 1.91. The molecule has 4 aromatic rings. The minimum atomic E-state index is -0.359. The smallest absolute Gasteiger partial charge is 0.258 e. The van der Waals surface area contributed by atoms with E-state index in [1.807, 2.05) is 6.07 Å². The van der Waals surface area contributed by atoms with Crippen LogP contribution in [0.25, 0.3) is 22.6 Å². The molecule has 0 bridgehead atoms. The normalized spacial score (nSPS) is 14.8. The van der Waals surface area contributed by atoms with Crippen molar-refractivity contribution in [2.75, 3.05) is 29.9 Å². The fourth-order valence-corrected chi connectivity index (χ4v) is 3.85. The number of hydrogen-bond donors (Lipinski definition) is 4. The molecule has 1 fully saturated rings. The van der Waals surface area contributed by atoms with Gasteiger partial charge in [0.1, 0.15) is 17.3 Å². The first-order chi connectivity index (χ1) is 15.6. The van der Waals surface area contributed by atoms with E-state index in [1.54, 1.807) is 24.4 Å². The van der Waals surface area contributed by atoms with E-state index in [4.69, 9.17) is 0 Å². The van der Waals surface area contributed by atoms with Crippen LogP contribution in [-0.2, 0) is 0 Å². The average Bonchev–Trinajstić information content (AvgIpc) is 3.46. The van der Waals surface area contributed by atoms with Crippen LogP contribution in [0.1, 0.15) is 23.2 Å². The maximum absolute atomic E-state index is 13.4. The van der Waals surface area contributed by atoms with Gasteiger partial charge in [0.05, 0.1) is 16.6 Å². The number of pyridine rings is 1. The number of aromatic amines is 2. The van der Waals surface area contributed by atoms with Crippen LogP contribution in [0.4, 0.5) is 16.0 Å². The van der Waals surface area contributed by atoms with Gasteiger partial charge in [-0.1, -0.05) is 0 Å². The monoisotopic (exact) mass is 435 g/mol. The molecule has 0 aliphatic carbocycles. The number of nitrogens with one attached hydrogen (secondary N) is 3. The van der Waals surface area contributed by atoms with Gasteiger partial charge in [-0.2, -0.15) is 5.10 Å². The standard InChI is InChI=1S/C22H22FN7O2/c23-15-2-3-16-17(9-15)26-21(25-16)18-10-19(29-28-18)27-22(32)14-1-4-20(24-11-14)30-7-5-13(12-31)6-8-30/h1-4,9-11,13,31H,5-8,12H2,(H,25,26)(H2,27,28,29,32). The second kappa shape index (κ2) is 8.39. The van der Waals surface area contributed by atoms with Gasteiger partial charge in [0.2, 0.25) is 0 Å². The zero-order chi connectivity index (χ0) is 22.1. The fraction of sp³-hybridized carbons (Fsp3) is 0.273. The predicted octanol–water partition coefficient (Wildman–Crippen LogP) is 2.95. The van der Waals surface area contributed by atoms with E-state index in [2.05, 4.69) is 35.4 Å². The number of halogens is 1. The minimum Gasteiger partial charge on any atom is -0.396 e. The van der Waals surface area contributed by atoms with Gasteiger partial charge in [-0.3, -0.25) is 9.89 Å². The van der Waals surface area contributed by atoms with Crippen LogP contribution in [0.2, 0.25) is 0 Å². The molecule has 0 saturated carbocycles. The fourth-order valence-electron chi connectivity index (χ4n) is 3.85. The van der Waals surface area contributed by atoms with Crippen LogP contribution in [0.15, 0.2) is 42.6 Å². The number of aliphatic hydroxyl groups is 1. The number of anilines is 2. The van der Waals surface area contributed by atoms with E-state index in [0.29, 0.717) is 39.9 Å². The summed E-state index contributed by atoms with van der Waals surface area (Å²) >= 11 is 0. The molecule has 0 unspecified atom stereocenters. The molecule has 0 radical (unpaired) electrons. The van der Waals surface area contributed by atoms with Gasteiger partial charge in [0.25, 0.3) is 5.91 Å². The van der Waals surface area contributed by atoms with E-state index < -0.39 is 0 Å². The number of carbonyl (C=O) groups is 1. The third-order valence-corrected chi connectivity index (χ3v) is 5.73. The predicted molar refractivity (Wildman–Crippen MR) is 118 cm³/mol. The number of benzene rings is 1. The molecule has 0 spiro atoms. The Bertz CT molecular complexity index is 1240. The van der Waals surface area contributed by atoms with Crippen molar-refractivity contribution in [3.63, 3.8) is 0 Å². The third-order valence-electron chi connectivity index (χ3n) is 5.73. The summed E-state index contributed by atoms with van der Waals surface area (Å²) in [5, 5.41) is 18.9. The molecule has 32 heavy (non-hydrogen) atoms. The summed E-state index contributed by atoms with van der Waals surface area (Å²) < 4.78 is 13.4. The third kappa shape index (κ3) is 4.04. The quantitative estimate of drug-likeness (QED) is 0.382. The second-order valence-corrected chi connectivity index (χ2v) is 7.89. The first kappa shape index (κ1) is 20.1. The van der Waals surface area contributed by atoms with Crippen LogP contribution >= 0.6 is 0 Å². The second-order valence-electron chi connectivity index (χ2n) is 7.89. The molecule has 164 valence electrons. The van der Waals surface area contributed by atoms with Crippen LogP contribution in [0, 0.1) is 11.7 Å². The molecule has 1 aromatic carbocycles. The molecule has 10 heteroatoms. The van der Waals surface area contributed by atoms with Crippen molar-refractivity contribution < 1.29 is 14.3 Å². The van der Waals surface area contributed by atoms with Crippen LogP contribution in [-0.4, -0.2) is 55.9 Å². The molecule has 1 amide bonds. The van der Waals surface area contributed by atoms with Gasteiger partial charge in [-0.05, 0) is 43.0 Å². The Balaban J connectivity index is 1.25. The van der Waals surface area contributed by atoms with Crippen molar-refractivity contribution in [3.05, 3.63) is 54.0 Å². The number of aliphatic hydroxyl groups excluding tert-OH is 1. The van der Waals surface area contributed by atoms with Crippen molar-refractivity contribution in [1.29, 1.82) is 0 Å². The summed E-state index contributed by atoms with van der Waals surface area (Å²) in [4.78, 5) is 26.6. The zero-order valence-corrected chi connectivity index (χ0v) is 17.2. The van der Waals surface area contributed by atoms with Crippen LogP contribution in [0.5, 0.6) is 0 Å². The number of carbonyl (C=O) groups excluding carboxylic acids is 1. The van der Waals surface area contributed by atoms with Crippen molar-refractivity contribution in [3.8, 4) is 11.5 Å². The molecule has 9 nitrogen and oxygen atoms in total. The lowest BCUT2D eigenvalue weighted by molar-refractivity contribution is 0.102. The first-order valence-electron chi connectivity index (χ1n) is 10.4. The van der Waals surface area contributed by atoms with E-state index in [0.717, 1.165) is 31.7 Å². The lowest BCUT2D eigenvalue weighted by Gasteiger charge is -2.31. The van der Waals surface area contributed by atoms with Gasteiger partial charge in [0, 0.05) is 38.0 Å². The minimum absolute atomic E-state index is 0.226. The molecule has 3 aromatic heterocycles. The highest BCUT2D eigenvalue weighted by Gasteiger charge is 2.20. The Morgan fingerprint density at radius 1 is 1.22 bits per heavy atom. The van der Waals surface area contributed by atoms with Gasteiger partial charge in [0.15, 0.2) is 11.6 Å². The molecule has 1 aliphatic heterocycles. The number of nitrogens with zero attached hydrogens (tertiary/aromatic N) is 4. The Labute approximate surface area is 182 Å². The Hall–Kier alpha value is -3.79. The molecule has 4 heterocycles. The maximum atomic E-state index is 13.4. The number of hydrogen-bond acceptors (Lipinski definition) is 6. The van der Waals surface area contributed by atoms with Gasteiger partial charge < -0.3 is 20.3 Å². The molecule has 0 atom stereocenters. The lowest BCUT2D eigenvalue weighted by Crippen LogP contribution is -2.35. The topological polar surface area (TPSA) is 123 Å². The average molecular weight is 435 g/mol. The summed E-state index contributed by atoms with van der Waals surface area (Å²) in [5.41, 5.74) is 2.19. The summed E-state index contributed by atoms with van der Waals surface area (Å²) in [7, 11) is 0. The largest absolute Gasteiger partial charge is 0.396 e. The Morgan fingerprint density at radius 2 is 2.06 bits per heavy atom. The highest BCUT2D eigenvalue weighted by molar-refractivity contribution is 6.03. The zero-order valence-electron chi connectivity index (χ0n) is 17.2. The number of fused-ring (bicyclic) bond motifs is 1. The van der Waals surface area contributed by atoms with Crippen molar-refractivity contribution in [2.24, 2.45) is 5.92 Å². The Morgan fingerprint density at radius 3 is 2.81 bits per heavy atom. The van der Waals surface area contributed by atoms with Gasteiger partial charge in [-0.15, -0.1) is 0 Å². The van der Waals surface area contributed by atoms with Crippen LogP contribution < -0.4 is 10.2 Å². The van der Waals surface area contributed by atoms with Crippen molar-refractivity contribution in [1.82, 2.24) is 25.1 Å². The summed E-state index contributed by atoms with van der Waals surface area (Å²) in [5.74, 6) is 1.33. The van der Waals surface area contributed by atoms with Gasteiger partial charge >= 0.3 is 0 Å². The summed E-state index contributed by atoms with van der Waals surface area (Å²) in [6.07, 6.45) is 3.41. The molecule has 4 N–H and O–H groups in total. The number of H-pyrrole nitrogens is 2. The number of aromatic nitrogens is 5.